The van der Waals surface area contributed by atoms with E-state index in [0.29, 0.717) is 12.3 Å². The maximum atomic E-state index is 12.5. The monoisotopic (exact) mass is 289 g/mol. The van der Waals surface area contributed by atoms with Crippen LogP contribution in [0.15, 0.2) is 30.3 Å². The predicted octanol–water partition coefficient (Wildman–Crippen LogP) is 2.89. The van der Waals surface area contributed by atoms with Crippen LogP contribution in [-0.4, -0.2) is 34.5 Å². The molecule has 0 radical (unpaired) electrons. The van der Waals surface area contributed by atoms with Crippen LogP contribution in [0.5, 0.6) is 0 Å². The summed E-state index contributed by atoms with van der Waals surface area (Å²) in [6.45, 7) is 4.02. The van der Waals surface area contributed by atoms with Gasteiger partial charge in [0.15, 0.2) is 0 Å². The lowest BCUT2D eigenvalue weighted by Crippen LogP contribution is -2.38. The van der Waals surface area contributed by atoms with Crippen molar-refractivity contribution in [2.75, 3.05) is 6.54 Å². The van der Waals surface area contributed by atoms with E-state index in [-0.39, 0.29) is 24.4 Å². The second kappa shape index (κ2) is 6.74. The zero-order valence-electron chi connectivity index (χ0n) is 12.7. The largest absolute Gasteiger partial charge is 0.480 e. The van der Waals surface area contributed by atoms with E-state index in [9.17, 15) is 9.59 Å². The molecule has 1 saturated carbocycles. The van der Waals surface area contributed by atoms with Crippen molar-refractivity contribution in [1.82, 2.24) is 4.90 Å². The highest BCUT2D eigenvalue weighted by molar-refractivity contribution is 5.82. The summed E-state index contributed by atoms with van der Waals surface area (Å²) >= 11 is 0. The molecule has 0 heterocycles. The van der Waals surface area contributed by atoms with Crippen LogP contribution >= 0.6 is 0 Å². The minimum absolute atomic E-state index is 0.0394. The van der Waals surface area contributed by atoms with Crippen molar-refractivity contribution in [3.63, 3.8) is 0 Å². The number of nitrogens with zero attached hydrogens (tertiary/aromatic N) is 1. The maximum Gasteiger partial charge on any atom is 0.323 e. The molecule has 1 aliphatic carbocycles. The fourth-order valence-corrected chi connectivity index (χ4v) is 2.70. The van der Waals surface area contributed by atoms with Crippen molar-refractivity contribution in [2.45, 2.75) is 45.1 Å². The summed E-state index contributed by atoms with van der Waals surface area (Å²) in [5, 5.41) is 8.98. The molecule has 1 aromatic rings. The molecular formula is C17H23NO3. The number of rotatable bonds is 7. The minimum Gasteiger partial charge on any atom is -0.480 e. The van der Waals surface area contributed by atoms with Crippen LogP contribution in [0.2, 0.25) is 0 Å². The number of aliphatic carboxylic acids is 1. The Morgan fingerprint density at radius 1 is 1.24 bits per heavy atom. The molecule has 21 heavy (non-hydrogen) atoms. The Morgan fingerprint density at radius 3 is 2.33 bits per heavy atom. The van der Waals surface area contributed by atoms with Crippen molar-refractivity contribution < 1.29 is 14.7 Å². The van der Waals surface area contributed by atoms with Gasteiger partial charge in [-0.2, -0.15) is 0 Å². The summed E-state index contributed by atoms with van der Waals surface area (Å²) in [6.07, 6.45) is 2.23. The number of amides is 1. The van der Waals surface area contributed by atoms with Crippen molar-refractivity contribution in [1.29, 1.82) is 0 Å². The first-order valence-corrected chi connectivity index (χ1v) is 7.55. The summed E-state index contributed by atoms with van der Waals surface area (Å²) in [5.41, 5.74) is 1.15. The van der Waals surface area contributed by atoms with Gasteiger partial charge in [-0.15, -0.1) is 0 Å². The first kappa shape index (κ1) is 15.5. The third-order valence-electron chi connectivity index (χ3n) is 4.04. The summed E-state index contributed by atoms with van der Waals surface area (Å²) in [7, 11) is 0. The highest BCUT2D eigenvalue weighted by Gasteiger charge is 2.35. The molecule has 4 heteroatoms. The number of carboxylic acids is 1. The van der Waals surface area contributed by atoms with Gasteiger partial charge in [0, 0.05) is 12.5 Å². The minimum atomic E-state index is -0.934. The van der Waals surface area contributed by atoms with Crippen LogP contribution in [0.3, 0.4) is 0 Å². The quantitative estimate of drug-likeness (QED) is 0.839. The van der Waals surface area contributed by atoms with Crippen LogP contribution in [0.1, 0.15) is 44.6 Å². The van der Waals surface area contributed by atoms with Gasteiger partial charge in [0.25, 0.3) is 0 Å². The average molecular weight is 289 g/mol. The topological polar surface area (TPSA) is 57.6 Å². The van der Waals surface area contributed by atoms with Gasteiger partial charge in [-0.3, -0.25) is 9.59 Å². The molecule has 4 nitrogen and oxygen atoms in total. The second-order valence-corrected chi connectivity index (χ2v) is 6.11. The van der Waals surface area contributed by atoms with E-state index >= 15 is 0 Å². The van der Waals surface area contributed by atoms with Gasteiger partial charge in [-0.25, -0.2) is 0 Å². The lowest BCUT2D eigenvalue weighted by atomic mass is 9.85. The van der Waals surface area contributed by atoms with E-state index in [1.54, 1.807) is 4.90 Å². The number of hydrogen-bond donors (Lipinski definition) is 1. The molecule has 0 saturated heterocycles. The maximum absolute atomic E-state index is 12.5. The Hall–Kier alpha value is -1.84. The smallest absolute Gasteiger partial charge is 0.323 e. The number of carboxylic acid groups (broad SMARTS) is 1. The third kappa shape index (κ3) is 4.31. The fourth-order valence-electron chi connectivity index (χ4n) is 2.70. The predicted molar refractivity (Wildman–Crippen MR) is 81.0 cm³/mol. The Kier molecular flexibility index (Phi) is 4.99. The Morgan fingerprint density at radius 2 is 1.86 bits per heavy atom. The first-order valence-electron chi connectivity index (χ1n) is 7.55. The molecular weight excluding hydrogens is 266 g/mol. The van der Waals surface area contributed by atoms with Crippen LogP contribution < -0.4 is 0 Å². The van der Waals surface area contributed by atoms with Gasteiger partial charge >= 0.3 is 5.97 Å². The molecule has 0 aliphatic heterocycles. The summed E-state index contributed by atoms with van der Waals surface area (Å²) < 4.78 is 0. The summed E-state index contributed by atoms with van der Waals surface area (Å²) in [4.78, 5) is 25.0. The fraction of sp³-hybridized carbons (Fsp3) is 0.529. The molecule has 114 valence electrons. The van der Waals surface area contributed by atoms with Gasteiger partial charge in [0.2, 0.25) is 5.91 Å². The molecule has 1 fully saturated rings. The summed E-state index contributed by atoms with van der Waals surface area (Å²) in [6, 6.07) is 10.1. The zero-order chi connectivity index (χ0) is 15.4. The SMILES string of the molecule is CC(C)C(CC(=O)N(CC(=O)O)C1CC1)c1ccccc1. The Labute approximate surface area is 125 Å². The van der Waals surface area contributed by atoms with Gasteiger partial charge in [-0.05, 0) is 30.2 Å². The van der Waals surface area contributed by atoms with E-state index < -0.39 is 5.97 Å². The van der Waals surface area contributed by atoms with Gasteiger partial charge < -0.3 is 10.0 Å². The average Bonchev–Trinajstić information content (AvgIpc) is 3.26. The van der Waals surface area contributed by atoms with E-state index in [4.69, 9.17) is 5.11 Å². The normalized spacial score (nSPS) is 15.8. The molecule has 0 aromatic heterocycles. The molecule has 2 rings (SSSR count). The first-order chi connectivity index (χ1) is 9.99. The Balaban J connectivity index is 2.08. The molecule has 1 N–H and O–H groups in total. The van der Waals surface area contributed by atoms with Crippen LogP contribution in [0, 0.1) is 5.92 Å². The number of carbonyl (C=O) groups is 2. The van der Waals surface area contributed by atoms with E-state index in [1.165, 1.54) is 0 Å². The molecule has 1 amide bonds. The van der Waals surface area contributed by atoms with Crippen molar-refractivity contribution in [2.24, 2.45) is 5.92 Å². The summed E-state index contributed by atoms with van der Waals surface area (Å²) in [5.74, 6) is -0.505. The van der Waals surface area contributed by atoms with E-state index in [0.717, 1.165) is 18.4 Å². The van der Waals surface area contributed by atoms with Crippen LogP contribution in [0.25, 0.3) is 0 Å². The Bertz CT molecular complexity index is 494. The van der Waals surface area contributed by atoms with Crippen molar-refractivity contribution >= 4 is 11.9 Å². The highest BCUT2D eigenvalue weighted by atomic mass is 16.4. The number of carbonyl (C=O) groups excluding carboxylic acids is 1. The molecule has 1 unspecified atom stereocenters. The second-order valence-electron chi connectivity index (χ2n) is 6.11. The number of hydrogen-bond acceptors (Lipinski definition) is 2. The molecule has 1 aliphatic rings. The van der Waals surface area contributed by atoms with E-state index in [1.807, 2.05) is 30.3 Å². The lowest BCUT2D eigenvalue weighted by Gasteiger charge is -2.26. The molecule has 1 atom stereocenters. The van der Waals surface area contributed by atoms with Crippen molar-refractivity contribution in [3.05, 3.63) is 35.9 Å². The van der Waals surface area contributed by atoms with Gasteiger partial charge in [0.05, 0.1) is 0 Å². The van der Waals surface area contributed by atoms with Gasteiger partial charge in [0.1, 0.15) is 6.54 Å². The van der Waals surface area contributed by atoms with Crippen molar-refractivity contribution in [3.8, 4) is 0 Å². The van der Waals surface area contributed by atoms with Crippen LogP contribution in [-0.2, 0) is 9.59 Å². The molecule has 1 aromatic carbocycles. The third-order valence-corrected chi connectivity index (χ3v) is 4.04. The van der Waals surface area contributed by atoms with Gasteiger partial charge in [-0.1, -0.05) is 44.2 Å². The number of benzene rings is 1. The standard InChI is InChI=1S/C17H23NO3/c1-12(2)15(13-6-4-3-5-7-13)10-16(19)18(11-17(20)21)14-8-9-14/h3-7,12,14-15H,8-11H2,1-2H3,(H,20,21). The lowest BCUT2D eigenvalue weighted by molar-refractivity contribution is -0.145. The molecule has 0 spiro atoms. The van der Waals surface area contributed by atoms with E-state index in [2.05, 4.69) is 13.8 Å². The van der Waals surface area contributed by atoms with Crippen LogP contribution in [0.4, 0.5) is 0 Å². The highest BCUT2D eigenvalue weighted by Crippen LogP contribution is 2.32. The molecule has 0 bridgehead atoms. The zero-order valence-corrected chi connectivity index (χ0v) is 12.7.